The molecule has 4 saturated carbocycles. The molecular formula is C18H20N4O2. The van der Waals surface area contributed by atoms with E-state index in [-0.39, 0.29) is 16.9 Å². The molecule has 0 aliphatic heterocycles. The van der Waals surface area contributed by atoms with Gasteiger partial charge in [-0.2, -0.15) is 4.68 Å². The summed E-state index contributed by atoms with van der Waals surface area (Å²) in [6, 6.07) is 10.8. The maximum Gasteiger partial charge on any atom is 0.490 e. The Hall–Kier alpha value is -2.24. The molecule has 6 nitrogen and oxygen atoms in total. The topological polar surface area (TPSA) is 73.8 Å². The molecule has 1 aromatic carbocycles. The van der Waals surface area contributed by atoms with Crippen LogP contribution in [0.1, 0.15) is 44.1 Å². The van der Waals surface area contributed by atoms with Crippen molar-refractivity contribution >= 4 is 5.95 Å². The minimum Gasteiger partial charge on any atom is -0.390 e. The van der Waals surface area contributed by atoms with Crippen molar-refractivity contribution < 1.29 is 4.92 Å². The van der Waals surface area contributed by atoms with E-state index in [1.807, 2.05) is 4.68 Å². The second kappa shape index (κ2) is 4.65. The molecule has 6 heteroatoms. The summed E-state index contributed by atoms with van der Waals surface area (Å²) < 4.78 is 1.83. The highest BCUT2D eigenvalue weighted by Gasteiger charge is 2.60. The molecule has 0 spiro atoms. The van der Waals surface area contributed by atoms with Crippen molar-refractivity contribution in [1.82, 2.24) is 14.8 Å². The summed E-state index contributed by atoms with van der Waals surface area (Å²) in [6.07, 6.45) is 8.56. The minimum absolute atomic E-state index is 0.0960. The van der Waals surface area contributed by atoms with Gasteiger partial charge in [0.15, 0.2) is 0 Å². The Morgan fingerprint density at radius 3 is 2.46 bits per heavy atom. The average Bonchev–Trinajstić information content (AvgIpc) is 3.06. The number of hydrogen-bond acceptors (Lipinski definition) is 4. The highest BCUT2D eigenvalue weighted by Crippen LogP contribution is 2.64. The van der Waals surface area contributed by atoms with Gasteiger partial charge in [-0.05, 0) is 66.3 Å². The summed E-state index contributed by atoms with van der Waals surface area (Å²) in [6.45, 7) is 0. The van der Waals surface area contributed by atoms with Crippen molar-refractivity contribution in [2.45, 2.75) is 49.5 Å². The molecule has 1 heterocycles. The van der Waals surface area contributed by atoms with Crippen LogP contribution in [0, 0.1) is 22.0 Å². The van der Waals surface area contributed by atoms with Crippen LogP contribution in [0.4, 0.5) is 5.95 Å². The predicted octanol–water partition coefficient (Wildman–Crippen LogP) is 3.43. The van der Waals surface area contributed by atoms with Crippen molar-refractivity contribution in [3.63, 3.8) is 0 Å². The zero-order valence-corrected chi connectivity index (χ0v) is 13.5. The third-order valence-corrected chi connectivity index (χ3v) is 6.55. The minimum atomic E-state index is -0.496. The van der Waals surface area contributed by atoms with Gasteiger partial charge in [0.05, 0.1) is 5.54 Å². The molecule has 24 heavy (non-hydrogen) atoms. The Kier molecular flexibility index (Phi) is 2.74. The van der Waals surface area contributed by atoms with Crippen molar-refractivity contribution in [3.8, 4) is 0 Å². The Bertz CT molecular complexity index is 786. The van der Waals surface area contributed by atoms with Gasteiger partial charge in [-0.15, -0.1) is 0 Å². The second-order valence-corrected chi connectivity index (χ2v) is 8.08. The Labute approximate surface area is 140 Å². The zero-order chi connectivity index (χ0) is 16.4. The molecule has 4 aliphatic rings. The molecule has 2 aromatic rings. The molecule has 0 radical (unpaired) electrons. The first kappa shape index (κ1) is 14.1. The first-order valence-electron chi connectivity index (χ1n) is 8.71. The quantitative estimate of drug-likeness (QED) is 0.640. The lowest BCUT2D eigenvalue weighted by atomic mass is 9.45. The van der Waals surface area contributed by atoms with Crippen molar-refractivity contribution in [3.05, 3.63) is 52.3 Å². The average molecular weight is 324 g/mol. The second-order valence-electron chi connectivity index (χ2n) is 8.08. The number of rotatable bonds is 3. The van der Waals surface area contributed by atoms with Gasteiger partial charge in [0, 0.05) is 5.10 Å². The number of hydrogen-bond donors (Lipinski definition) is 0. The molecule has 2 unspecified atom stereocenters. The van der Waals surface area contributed by atoms with Crippen LogP contribution < -0.4 is 0 Å². The summed E-state index contributed by atoms with van der Waals surface area (Å²) in [5.41, 5.74) is 1.53. The summed E-state index contributed by atoms with van der Waals surface area (Å²) >= 11 is 0. The van der Waals surface area contributed by atoms with E-state index in [2.05, 4.69) is 40.4 Å². The van der Waals surface area contributed by atoms with E-state index < -0.39 is 4.92 Å². The molecule has 6 rings (SSSR count). The van der Waals surface area contributed by atoms with Gasteiger partial charge in [-0.25, -0.2) is 0 Å². The molecule has 0 amide bonds. The fourth-order valence-corrected chi connectivity index (χ4v) is 6.18. The van der Waals surface area contributed by atoms with Crippen LogP contribution in [0.3, 0.4) is 0 Å². The summed E-state index contributed by atoms with van der Waals surface area (Å²) in [5.74, 6) is 1.10. The maximum atomic E-state index is 11.0. The molecule has 1 aromatic heterocycles. The van der Waals surface area contributed by atoms with Crippen LogP contribution >= 0.6 is 0 Å². The van der Waals surface area contributed by atoms with Crippen LogP contribution in [0.5, 0.6) is 0 Å². The maximum absolute atomic E-state index is 11.0. The Morgan fingerprint density at radius 1 is 1.12 bits per heavy atom. The molecule has 2 atom stereocenters. The number of aromatic nitrogens is 3. The van der Waals surface area contributed by atoms with Gasteiger partial charge >= 0.3 is 5.95 Å². The van der Waals surface area contributed by atoms with Gasteiger partial charge < -0.3 is 10.1 Å². The van der Waals surface area contributed by atoms with Gasteiger partial charge in [-0.3, -0.25) is 0 Å². The normalized spacial score (nSPS) is 36.8. The summed E-state index contributed by atoms with van der Waals surface area (Å²) in [7, 11) is 0. The van der Waals surface area contributed by atoms with Gasteiger partial charge in [0.25, 0.3) is 0 Å². The largest absolute Gasteiger partial charge is 0.490 e. The smallest absolute Gasteiger partial charge is 0.390 e. The van der Waals surface area contributed by atoms with Crippen LogP contribution in [0.15, 0.2) is 36.7 Å². The van der Waals surface area contributed by atoms with Crippen LogP contribution in [0.25, 0.3) is 0 Å². The Balaban J connectivity index is 1.59. The first-order chi connectivity index (χ1) is 11.6. The molecule has 0 saturated heterocycles. The first-order valence-corrected chi connectivity index (χ1v) is 8.71. The number of nitrogens with zero attached hydrogens (tertiary/aromatic N) is 4. The Morgan fingerprint density at radius 2 is 1.83 bits per heavy atom. The van der Waals surface area contributed by atoms with Crippen LogP contribution in [0.2, 0.25) is 0 Å². The highest BCUT2D eigenvalue weighted by molar-refractivity contribution is 5.31. The third-order valence-electron chi connectivity index (χ3n) is 6.55. The van der Waals surface area contributed by atoms with Crippen LogP contribution in [-0.2, 0) is 11.0 Å². The monoisotopic (exact) mass is 324 g/mol. The van der Waals surface area contributed by atoms with Crippen molar-refractivity contribution in [1.29, 1.82) is 0 Å². The van der Waals surface area contributed by atoms with E-state index in [1.165, 1.54) is 24.8 Å². The van der Waals surface area contributed by atoms with Crippen LogP contribution in [-0.4, -0.2) is 19.7 Å². The fourth-order valence-electron chi connectivity index (χ4n) is 6.18. The summed E-state index contributed by atoms with van der Waals surface area (Å²) in [4.78, 5) is 14.4. The lowest BCUT2D eigenvalue weighted by molar-refractivity contribution is -0.394. The SMILES string of the molecule is O=[N+]([O-])c1ncn(C23CC4CC(CC(c5ccccc5)(C4)C2)C3)n1. The van der Waals surface area contributed by atoms with Crippen molar-refractivity contribution in [2.75, 3.05) is 0 Å². The summed E-state index contributed by atoms with van der Waals surface area (Å²) in [5, 5.41) is 15.2. The number of benzene rings is 1. The lowest BCUT2D eigenvalue weighted by Gasteiger charge is -2.61. The third kappa shape index (κ3) is 1.88. The molecule has 4 bridgehead atoms. The highest BCUT2D eigenvalue weighted by atomic mass is 16.6. The predicted molar refractivity (Wildman–Crippen MR) is 87.5 cm³/mol. The molecule has 0 N–H and O–H groups in total. The van der Waals surface area contributed by atoms with E-state index in [0.29, 0.717) is 11.8 Å². The molecule has 4 fully saturated rings. The zero-order valence-electron chi connectivity index (χ0n) is 13.5. The molecule has 124 valence electrons. The lowest BCUT2D eigenvalue weighted by Crippen LogP contribution is -2.58. The standard InChI is InChI=1S/C18H20N4O2/c23-22(24)16-19-12-21(20-16)18-9-13-6-14(10-18)8-17(7-13,11-18)15-4-2-1-3-5-15/h1-5,12-14H,6-11H2. The van der Waals surface area contributed by atoms with E-state index in [4.69, 9.17) is 0 Å². The van der Waals surface area contributed by atoms with Gasteiger partial charge in [-0.1, -0.05) is 35.3 Å². The van der Waals surface area contributed by atoms with E-state index >= 15 is 0 Å². The van der Waals surface area contributed by atoms with Gasteiger partial charge in [0.2, 0.25) is 6.33 Å². The fraction of sp³-hybridized carbons (Fsp3) is 0.556. The molecular weight excluding hydrogens is 304 g/mol. The number of nitro groups is 1. The van der Waals surface area contributed by atoms with E-state index in [0.717, 1.165) is 19.3 Å². The van der Waals surface area contributed by atoms with E-state index in [9.17, 15) is 10.1 Å². The van der Waals surface area contributed by atoms with E-state index in [1.54, 1.807) is 6.33 Å². The molecule has 4 aliphatic carbocycles. The van der Waals surface area contributed by atoms with Gasteiger partial charge in [0.1, 0.15) is 0 Å². The van der Waals surface area contributed by atoms with Crippen molar-refractivity contribution in [2.24, 2.45) is 11.8 Å².